The van der Waals surface area contributed by atoms with Crippen LogP contribution in [0, 0.1) is 0 Å². The first-order chi connectivity index (χ1) is 13.7. The van der Waals surface area contributed by atoms with Gasteiger partial charge in [0.05, 0.1) is 5.40 Å². The summed E-state index contributed by atoms with van der Waals surface area (Å²) in [6, 6.07) is 20.8. The molecular weight excluding hydrogens is 397 g/mol. The molecule has 0 N–H and O–H groups in total. The molecule has 2 aromatic carbocycles. The summed E-state index contributed by atoms with van der Waals surface area (Å²) < 4.78 is 24.6. The molecule has 0 bridgehead atoms. The molecule has 0 aromatic heterocycles. The maximum atomic E-state index is 13.6. The van der Waals surface area contributed by atoms with Crippen LogP contribution in [-0.4, -0.2) is 28.0 Å². The first-order valence-electron chi connectivity index (χ1n) is 10.3. The van der Waals surface area contributed by atoms with E-state index in [1.807, 2.05) is 12.1 Å². The highest BCUT2D eigenvalue weighted by Gasteiger charge is 2.40. The van der Waals surface area contributed by atoms with Crippen molar-refractivity contribution >= 4 is 34.5 Å². The maximum absolute atomic E-state index is 13.6. The van der Waals surface area contributed by atoms with Gasteiger partial charge in [0.25, 0.3) is 0 Å². The molecule has 3 nitrogen and oxygen atoms in total. The third kappa shape index (κ3) is 7.69. The van der Waals surface area contributed by atoms with Gasteiger partial charge in [0.15, 0.2) is 0 Å². The number of benzene rings is 2. The normalized spacial score (nSPS) is 12.6. The molecule has 0 spiro atoms. The van der Waals surface area contributed by atoms with E-state index in [1.54, 1.807) is 0 Å². The highest BCUT2D eigenvalue weighted by atomic mass is 31.2. The van der Waals surface area contributed by atoms with Crippen molar-refractivity contribution in [2.24, 2.45) is 0 Å². The number of rotatable bonds is 13. The predicted molar refractivity (Wildman–Crippen MR) is 128 cm³/mol. The first kappa shape index (κ1) is 26.1. The molecule has 0 aliphatic carbocycles. The highest BCUT2D eigenvalue weighted by molar-refractivity contribution is 7.83. The highest BCUT2D eigenvalue weighted by Crippen LogP contribution is 2.65. The monoisotopic (exact) mass is 431 g/mol. The van der Waals surface area contributed by atoms with Gasteiger partial charge < -0.3 is 9.05 Å². The van der Waals surface area contributed by atoms with Gasteiger partial charge in [-0.3, -0.25) is 4.57 Å². The maximum Gasteiger partial charge on any atom is 0.338 e. The lowest BCUT2D eigenvalue weighted by atomic mass is 10.1. The summed E-state index contributed by atoms with van der Waals surface area (Å²) in [5.74, 6) is 0. The minimum Gasteiger partial charge on any atom is -0.311 e. The van der Waals surface area contributed by atoms with Gasteiger partial charge in [-0.15, -0.1) is 0 Å². The fourth-order valence-electron chi connectivity index (χ4n) is 3.52. The zero-order valence-electron chi connectivity index (χ0n) is 18.0. The van der Waals surface area contributed by atoms with Crippen molar-refractivity contribution in [2.45, 2.75) is 57.3 Å². The van der Waals surface area contributed by atoms with Crippen molar-refractivity contribution in [1.82, 2.24) is 0 Å². The summed E-state index contributed by atoms with van der Waals surface area (Å²) in [4.78, 5) is 0. The van der Waals surface area contributed by atoms with E-state index in [0.717, 1.165) is 19.3 Å². The van der Waals surface area contributed by atoms with Gasteiger partial charge in [0, 0.05) is 22.6 Å². The lowest BCUT2D eigenvalue weighted by Crippen LogP contribution is -2.23. The van der Waals surface area contributed by atoms with E-state index < -0.39 is 15.5 Å². The van der Waals surface area contributed by atoms with Crippen LogP contribution in [0.3, 0.4) is 0 Å². The lowest BCUT2D eigenvalue weighted by molar-refractivity contribution is 0.271. The molecule has 2 rings (SSSR count). The average Bonchev–Trinajstić information content (AvgIpc) is 2.76. The van der Waals surface area contributed by atoms with E-state index in [2.05, 4.69) is 55.5 Å². The van der Waals surface area contributed by atoms with Crippen LogP contribution in [-0.2, 0) is 13.6 Å². The van der Waals surface area contributed by atoms with Gasteiger partial charge in [-0.25, -0.2) is 0 Å². The molecule has 2 aromatic rings. The quantitative estimate of drug-likeness (QED) is 0.212. The van der Waals surface area contributed by atoms with Gasteiger partial charge >= 0.3 is 7.60 Å². The molecule has 29 heavy (non-hydrogen) atoms. The molecule has 3 radical (unpaired) electrons. The Morgan fingerprint density at radius 3 is 1.69 bits per heavy atom. The molecule has 0 aliphatic heterocycles. The van der Waals surface area contributed by atoms with E-state index in [9.17, 15) is 4.57 Å². The first-order valence-corrected chi connectivity index (χ1v) is 13.3. The van der Waals surface area contributed by atoms with E-state index in [4.69, 9.17) is 9.05 Å². The number of hydrogen-bond donors (Lipinski definition) is 0. The van der Waals surface area contributed by atoms with Crippen LogP contribution in [0.4, 0.5) is 0 Å². The van der Waals surface area contributed by atoms with Gasteiger partial charge in [-0.05, 0) is 25.0 Å². The molecule has 0 saturated carbocycles. The van der Waals surface area contributed by atoms with Crippen LogP contribution >= 0.6 is 15.5 Å². The molecule has 1 atom stereocenters. The second-order valence-electron chi connectivity index (χ2n) is 6.98. The second kappa shape index (κ2) is 14.2. The molecule has 0 amide bonds. The van der Waals surface area contributed by atoms with Crippen molar-refractivity contribution in [3.63, 3.8) is 0 Å². The molecule has 0 fully saturated rings. The van der Waals surface area contributed by atoms with Crippen molar-refractivity contribution < 1.29 is 13.6 Å². The Labute approximate surface area is 180 Å². The van der Waals surface area contributed by atoms with Crippen molar-refractivity contribution in [2.75, 3.05) is 14.2 Å². The SMILES string of the molecule is CCCCCCCCC(P(c1ccccc1)c1ccccc1)P(=O)(OC)OC.[B]. The third-order valence-electron chi connectivity index (χ3n) is 5.06. The van der Waals surface area contributed by atoms with E-state index >= 15 is 0 Å². The summed E-state index contributed by atoms with van der Waals surface area (Å²) in [6.45, 7) is 2.23. The van der Waals surface area contributed by atoms with E-state index in [-0.39, 0.29) is 13.8 Å². The summed E-state index contributed by atoms with van der Waals surface area (Å²) in [5, 5.41) is 2.29. The number of unbranched alkanes of at least 4 members (excludes halogenated alkanes) is 5. The van der Waals surface area contributed by atoms with Crippen LogP contribution in [0.2, 0.25) is 0 Å². The summed E-state index contributed by atoms with van der Waals surface area (Å²) in [5.41, 5.74) is 0. The predicted octanol–water partition coefficient (Wildman–Crippen LogP) is 6.30. The molecule has 0 saturated heterocycles. The summed E-state index contributed by atoms with van der Waals surface area (Å²) in [6.07, 6.45) is 8.11. The second-order valence-corrected chi connectivity index (χ2v) is 12.2. The Morgan fingerprint density at radius 1 is 0.793 bits per heavy atom. The van der Waals surface area contributed by atoms with Crippen molar-refractivity contribution in [3.8, 4) is 0 Å². The van der Waals surface area contributed by atoms with Crippen molar-refractivity contribution in [1.29, 1.82) is 0 Å². The van der Waals surface area contributed by atoms with Crippen LogP contribution in [0.5, 0.6) is 0 Å². The van der Waals surface area contributed by atoms with Gasteiger partial charge in [-0.2, -0.15) is 0 Å². The van der Waals surface area contributed by atoms with Gasteiger partial charge in [0.2, 0.25) is 0 Å². The minimum atomic E-state index is -3.21. The molecule has 6 heteroatoms. The molecule has 0 aliphatic rings. The van der Waals surface area contributed by atoms with Crippen LogP contribution in [0.1, 0.15) is 51.9 Å². The Bertz CT molecular complexity index is 665. The van der Waals surface area contributed by atoms with Gasteiger partial charge in [0.1, 0.15) is 0 Å². The van der Waals surface area contributed by atoms with Gasteiger partial charge in [-0.1, -0.05) is 106 Å². The van der Waals surface area contributed by atoms with Crippen LogP contribution in [0.25, 0.3) is 0 Å². The average molecular weight is 431 g/mol. The van der Waals surface area contributed by atoms with E-state index in [0.29, 0.717) is 0 Å². The lowest BCUT2D eigenvalue weighted by Gasteiger charge is -2.32. The summed E-state index contributed by atoms with van der Waals surface area (Å²) >= 11 is 0. The largest absolute Gasteiger partial charge is 0.338 e. The van der Waals surface area contributed by atoms with Crippen LogP contribution in [0.15, 0.2) is 60.7 Å². The summed E-state index contributed by atoms with van der Waals surface area (Å²) in [7, 11) is -1.03. The minimum absolute atomic E-state index is 0. The van der Waals surface area contributed by atoms with Crippen molar-refractivity contribution in [3.05, 3.63) is 60.7 Å². The smallest absolute Gasteiger partial charge is 0.311 e. The van der Waals surface area contributed by atoms with Crippen LogP contribution < -0.4 is 10.6 Å². The fourth-order valence-corrected chi connectivity index (χ4v) is 9.57. The fraction of sp³-hybridized carbons (Fsp3) is 0.478. The number of hydrogen-bond acceptors (Lipinski definition) is 3. The molecular formula is C23H34BO3P2. The Morgan fingerprint density at radius 2 is 1.24 bits per heavy atom. The zero-order valence-corrected chi connectivity index (χ0v) is 19.8. The Hall–Kier alpha value is -0.915. The Kier molecular flexibility index (Phi) is 12.7. The van der Waals surface area contributed by atoms with E-state index in [1.165, 1.54) is 50.5 Å². The topological polar surface area (TPSA) is 35.5 Å². The molecule has 1 unspecified atom stereocenters. The Balaban J connectivity index is 0.00000420. The zero-order chi connectivity index (χ0) is 20.2. The third-order valence-corrected chi connectivity index (χ3v) is 11.2. The molecule has 0 heterocycles. The molecule has 157 valence electrons. The standard InChI is InChI=1S/C23H34O3P2.B/c1-4-5-6-7-8-15-20-23(28(24,25-2)26-3)27(21-16-11-9-12-17-21)22-18-13-10-14-19-22;/h9-14,16-19,23H,4-8,15,20H2,1-3H3;.